The summed E-state index contributed by atoms with van der Waals surface area (Å²) in [5.41, 5.74) is 1.56. The quantitative estimate of drug-likeness (QED) is 0.834. The molecule has 2 heterocycles. The smallest absolute Gasteiger partial charge is 0.280 e. The van der Waals surface area contributed by atoms with Crippen molar-refractivity contribution in [3.8, 4) is 0 Å². The summed E-state index contributed by atoms with van der Waals surface area (Å²) >= 11 is 0.966. The first-order valence-corrected chi connectivity index (χ1v) is 5.97. The summed E-state index contributed by atoms with van der Waals surface area (Å²) < 4.78 is 7.69. The van der Waals surface area contributed by atoms with E-state index in [-0.39, 0.29) is 24.1 Å². The Bertz CT molecular complexity index is 611. The summed E-state index contributed by atoms with van der Waals surface area (Å²) in [6.45, 7) is -0.00657. The molecule has 1 aliphatic rings. The third-order valence-corrected chi connectivity index (χ3v) is 3.07. The highest BCUT2D eigenvalue weighted by molar-refractivity contribution is 6.99. The lowest BCUT2D eigenvalue weighted by atomic mass is 10.2. The number of hydrogen-bond donors (Lipinski definition) is 1. The highest BCUT2D eigenvalue weighted by Gasteiger charge is 2.28. The van der Waals surface area contributed by atoms with E-state index in [0.717, 1.165) is 11.7 Å². The van der Waals surface area contributed by atoms with Crippen LogP contribution >= 0.6 is 11.7 Å². The molecule has 0 fully saturated rings. The molecule has 1 aliphatic heterocycles. The van der Waals surface area contributed by atoms with Crippen molar-refractivity contribution in [1.29, 1.82) is 0 Å². The van der Waals surface area contributed by atoms with Gasteiger partial charge in [-0.05, 0) is 12.1 Å². The Morgan fingerprint density at radius 3 is 3.00 bits per heavy atom. The average molecular weight is 260 g/mol. The van der Waals surface area contributed by atoms with E-state index < -0.39 is 0 Å². The lowest BCUT2D eigenvalue weighted by Gasteiger charge is -2.28. The number of amides is 2. The van der Waals surface area contributed by atoms with Gasteiger partial charge >= 0.3 is 0 Å². The second-order valence-electron chi connectivity index (χ2n) is 3.75. The molecule has 1 aromatic heterocycles. The number of benzene rings is 1. The minimum atomic E-state index is -0.314. The van der Waals surface area contributed by atoms with Crippen molar-refractivity contribution in [1.82, 2.24) is 8.75 Å². The van der Waals surface area contributed by atoms with Gasteiger partial charge in [-0.3, -0.25) is 14.5 Å². The van der Waals surface area contributed by atoms with Crippen molar-refractivity contribution < 1.29 is 9.59 Å². The fourth-order valence-corrected chi connectivity index (χ4v) is 2.22. The minimum Gasteiger partial charge on any atom is -0.323 e. The zero-order chi connectivity index (χ0) is 12.5. The molecule has 90 valence electrons. The van der Waals surface area contributed by atoms with E-state index in [1.807, 2.05) is 6.07 Å². The van der Waals surface area contributed by atoms with Crippen LogP contribution in [-0.2, 0) is 4.79 Å². The summed E-state index contributed by atoms with van der Waals surface area (Å²) in [6.07, 6.45) is 1.40. The topological polar surface area (TPSA) is 75.2 Å². The molecule has 6 nitrogen and oxygen atoms in total. The van der Waals surface area contributed by atoms with Crippen LogP contribution in [-0.4, -0.2) is 27.1 Å². The summed E-state index contributed by atoms with van der Waals surface area (Å²) in [6, 6.07) is 7.16. The van der Waals surface area contributed by atoms with E-state index in [9.17, 15) is 9.59 Å². The molecule has 0 saturated heterocycles. The molecule has 0 aliphatic carbocycles. The molecule has 0 spiro atoms. The Kier molecular flexibility index (Phi) is 2.52. The van der Waals surface area contributed by atoms with Crippen LogP contribution in [0.3, 0.4) is 0 Å². The number of para-hydroxylation sites is 2. The van der Waals surface area contributed by atoms with Crippen LogP contribution in [0.25, 0.3) is 0 Å². The molecule has 18 heavy (non-hydrogen) atoms. The van der Waals surface area contributed by atoms with Crippen LogP contribution in [0.5, 0.6) is 0 Å². The number of nitrogens with one attached hydrogen (secondary N) is 1. The van der Waals surface area contributed by atoms with Crippen LogP contribution in [0.15, 0.2) is 30.5 Å². The third-order valence-electron chi connectivity index (χ3n) is 2.60. The zero-order valence-corrected chi connectivity index (χ0v) is 9.98. The Labute approximate surface area is 107 Å². The average Bonchev–Trinajstić information content (AvgIpc) is 2.90. The molecule has 0 atom stereocenters. The standard InChI is InChI=1S/C11H8N4O2S/c16-10-6-15(11(17)8-5-12-18-14-8)9-4-2-1-3-7(9)13-10/h1-5H,6H2,(H,13,16). The van der Waals surface area contributed by atoms with Gasteiger partial charge < -0.3 is 5.32 Å². The van der Waals surface area contributed by atoms with E-state index in [1.165, 1.54) is 11.1 Å². The first-order valence-electron chi connectivity index (χ1n) is 5.24. The molecule has 0 unspecified atom stereocenters. The van der Waals surface area contributed by atoms with E-state index >= 15 is 0 Å². The molecule has 7 heteroatoms. The Morgan fingerprint density at radius 1 is 1.39 bits per heavy atom. The maximum Gasteiger partial charge on any atom is 0.280 e. The van der Waals surface area contributed by atoms with E-state index in [4.69, 9.17) is 0 Å². The number of hydrogen-bond acceptors (Lipinski definition) is 5. The minimum absolute atomic E-state index is 0.00657. The lowest BCUT2D eigenvalue weighted by Crippen LogP contribution is -2.42. The predicted octanol–water partition coefficient (Wildman–Crippen LogP) is 1.14. The van der Waals surface area contributed by atoms with Gasteiger partial charge in [0.05, 0.1) is 29.3 Å². The second-order valence-corrected chi connectivity index (χ2v) is 4.31. The monoisotopic (exact) mass is 260 g/mol. The normalized spacial score (nSPS) is 14.0. The van der Waals surface area contributed by atoms with Gasteiger partial charge in [-0.2, -0.15) is 8.75 Å². The molecule has 2 aromatic rings. The van der Waals surface area contributed by atoms with E-state index in [2.05, 4.69) is 14.1 Å². The summed E-state index contributed by atoms with van der Waals surface area (Å²) in [7, 11) is 0. The number of fused-ring (bicyclic) bond motifs is 1. The number of nitrogens with zero attached hydrogens (tertiary/aromatic N) is 3. The van der Waals surface area contributed by atoms with Crippen molar-refractivity contribution in [2.45, 2.75) is 0 Å². The fraction of sp³-hybridized carbons (Fsp3) is 0.0909. The number of carbonyl (C=O) groups is 2. The largest absolute Gasteiger partial charge is 0.323 e. The molecule has 1 N–H and O–H groups in total. The molecular formula is C11H8N4O2S. The Balaban J connectivity index is 2.03. The van der Waals surface area contributed by atoms with Crippen molar-refractivity contribution in [3.63, 3.8) is 0 Å². The van der Waals surface area contributed by atoms with Crippen LogP contribution in [0.1, 0.15) is 10.5 Å². The van der Waals surface area contributed by atoms with Gasteiger partial charge in [-0.25, -0.2) is 0 Å². The Morgan fingerprint density at radius 2 is 2.22 bits per heavy atom. The first kappa shape index (κ1) is 10.8. The second kappa shape index (κ2) is 4.19. The number of anilines is 2. The van der Waals surface area contributed by atoms with E-state index in [1.54, 1.807) is 18.2 Å². The SMILES string of the molecule is O=C1CN(C(=O)c2cnsn2)c2ccccc2N1. The number of carbonyl (C=O) groups excluding carboxylic acids is 2. The summed E-state index contributed by atoms with van der Waals surface area (Å²) in [4.78, 5) is 25.2. The molecule has 3 rings (SSSR count). The Hall–Kier alpha value is -2.28. The van der Waals surface area contributed by atoms with Crippen LogP contribution < -0.4 is 10.2 Å². The summed E-state index contributed by atoms with van der Waals surface area (Å²) in [5, 5.41) is 2.72. The van der Waals surface area contributed by atoms with Gasteiger partial charge in [-0.15, -0.1) is 0 Å². The molecule has 0 radical (unpaired) electrons. The van der Waals surface area contributed by atoms with Gasteiger partial charge in [0.2, 0.25) is 5.91 Å². The lowest BCUT2D eigenvalue weighted by molar-refractivity contribution is -0.115. The van der Waals surface area contributed by atoms with Crippen LogP contribution in [0.2, 0.25) is 0 Å². The summed E-state index contributed by atoms with van der Waals surface area (Å²) in [5.74, 6) is -0.531. The first-order chi connectivity index (χ1) is 8.75. The van der Waals surface area contributed by atoms with Gasteiger partial charge in [0.25, 0.3) is 5.91 Å². The molecule has 0 bridgehead atoms. The maximum atomic E-state index is 12.2. The van der Waals surface area contributed by atoms with Crippen molar-refractivity contribution in [3.05, 3.63) is 36.2 Å². The van der Waals surface area contributed by atoms with Crippen molar-refractivity contribution in [2.24, 2.45) is 0 Å². The zero-order valence-electron chi connectivity index (χ0n) is 9.16. The van der Waals surface area contributed by atoms with Gasteiger partial charge in [-0.1, -0.05) is 12.1 Å². The maximum absolute atomic E-state index is 12.2. The molecule has 1 aromatic carbocycles. The fourth-order valence-electron chi connectivity index (χ4n) is 1.81. The highest BCUT2D eigenvalue weighted by atomic mass is 32.1. The van der Waals surface area contributed by atoms with Crippen molar-refractivity contribution >= 4 is 34.9 Å². The molecule has 2 amide bonds. The highest BCUT2D eigenvalue weighted by Crippen LogP contribution is 2.29. The number of aromatic nitrogens is 2. The van der Waals surface area contributed by atoms with Gasteiger partial charge in [0.15, 0.2) is 5.69 Å². The molecule has 0 saturated carbocycles. The van der Waals surface area contributed by atoms with Crippen molar-refractivity contribution in [2.75, 3.05) is 16.8 Å². The van der Waals surface area contributed by atoms with Crippen LogP contribution in [0, 0.1) is 0 Å². The van der Waals surface area contributed by atoms with Gasteiger partial charge in [0, 0.05) is 0 Å². The predicted molar refractivity (Wildman–Crippen MR) is 66.7 cm³/mol. The molecular weight excluding hydrogens is 252 g/mol. The third kappa shape index (κ3) is 1.74. The van der Waals surface area contributed by atoms with E-state index in [0.29, 0.717) is 11.4 Å². The van der Waals surface area contributed by atoms with Crippen LogP contribution in [0.4, 0.5) is 11.4 Å². The van der Waals surface area contributed by atoms with Gasteiger partial charge in [0.1, 0.15) is 6.54 Å². The number of rotatable bonds is 1.